The van der Waals surface area contributed by atoms with Gasteiger partial charge in [-0.3, -0.25) is 24.3 Å². The van der Waals surface area contributed by atoms with Crippen LogP contribution in [-0.2, 0) is 11.3 Å². The lowest BCUT2D eigenvalue weighted by Gasteiger charge is -2.10. The zero-order valence-electron chi connectivity index (χ0n) is 13.6. The lowest BCUT2D eigenvalue weighted by molar-refractivity contribution is -0.384. The summed E-state index contributed by atoms with van der Waals surface area (Å²) in [6, 6.07) is 8.91. The van der Waals surface area contributed by atoms with Crippen molar-refractivity contribution in [1.82, 2.24) is 9.55 Å². The number of aromatic nitrogens is 2. The van der Waals surface area contributed by atoms with Crippen molar-refractivity contribution in [1.29, 1.82) is 0 Å². The molecule has 0 bridgehead atoms. The molecule has 1 amide bonds. The van der Waals surface area contributed by atoms with E-state index in [2.05, 4.69) is 10.3 Å². The molecule has 3 rings (SSSR count). The molecule has 8 nitrogen and oxygen atoms in total. The average molecular weight is 373 g/mol. The van der Waals surface area contributed by atoms with Crippen LogP contribution in [0.3, 0.4) is 0 Å². The second kappa shape index (κ2) is 6.93. The highest BCUT2D eigenvalue weighted by atomic mass is 35.5. The van der Waals surface area contributed by atoms with Crippen LogP contribution in [0.15, 0.2) is 47.5 Å². The van der Waals surface area contributed by atoms with Crippen molar-refractivity contribution in [2.75, 3.05) is 5.32 Å². The second-order valence-corrected chi connectivity index (χ2v) is 6.00. The van der Waals surface area contributed by atoms with Crippen molar-refractivity contribution in [3.8, 4) is 0 Å². The Morgan fingerprint density at radius 1 is 1.35 bits per heavy atom. The number of nitrogens with one attached hydrogen (secondary N) is 1. The van der Waals surface area contributed by atoms with Crippen LogP contribution in [0.4, 0.5) is 11.4 Å². The molecule has 0 aliphatic rings. The Kier molecular flexibility index (Phi) is 4.68. The summed E-state index contributed by atoms with van der Waals surface area (Å²) in [5, 5.41) is 14.2. The van der Waals surface area contributed by atoms with Crippen molar-refractivity contribution in [2.24, 2.45) is 0 Å². The molecule has 0 radical (unpaired) electrons. The maximum absolute atomic E-state index is 12.5. The van der Waals surface area contributed by atoms with Crippen LogP contribution < -0.4 is 10.9 Å². The molecule has 2 aromatic carbocycles. The van der Waals surface area contributed by atoms with Crippen molar-refractivity contribution in [2.45, 2.75) is 13.5 Å². The molecule has 26 heavy (non-hydrogen) atoms. The quantitative estimate of drug-likeness (QED) is 0.559. The van der Waals surface area contributed by atoms with Crippen LogP contribution in [0.5, 0.6) is 0 Å². The first-order valence-corrected chi connectivity index (χ1v) is 7.93. The number of hydrogen-bond acceptors (Lipinski definition) is 5. The Morgan fingerprint density at radius 2 is 2.12 bits per heavy atom. The van der Waals surface area contributed by atoms with Crippen LogP contribution in [-0.4, -0.2) is 20.4 Å². The summed E-state index contributed by atoms with van der Waals surface area (Å²) in [6.07, 6.45) is 1.19. The van der Waals surface area contributed by atoms with Crippen molar-refractivity contribution in [3.05, 3.63) is 73.8 Å². The van der Waals surface area contributed by atoms with E-state index < -0.39 is 16.4 Å². The molecule has 9 heteroatoms. The largest absolute Gasteiger partial charge is 0.324 e. The predicted molar refractivity (Wildman–Crippen MR) is 97.5 cm³/mol. The third kappa shape index (κ3) is 3.40. The first-order chi connectivity index (χ1) is 12.4. The third-order valence-electron chi connectivity index (χ3n) is 3.88. The van der Waals surface area contributed by atoms with E-state index in [-0.39, 0.29) is 23.1 Å². The zero-order chi connectivity index (χ0) is 18.8. The molecule has 132 valence electrons. The van der Waals surface area contributed by atoms with E-state index in [1.165, 1.54) is 24.5 Å². The molecular weight excluding hydrogens is 360 g/mol. The van der Waals surface area contributed by atoms with E-state index in [0.717, 1.165) is 10.1 Å². The SMILES string of the molecule is Cc1c(Cl)cccc1NC(=O)Cn1cnc2cc([N+](=O)[O-])ccc2c1=O. The minimum absolute atomic E-state index is 0.156. The lowest BCUT2D eigenvalue weighted by Crippen LogP contribution is -2.28. The molecule has 0 saturated heterocycles. The van der Waals surface area contributed by atoms with Crippen molar-refractivity contribution in [3.63, 3.8) is 0 Å². The summed E-state index contributed by atoms with van der Waals surface area (Å²) in [5.41, 5.74) is 0.865. The number of benzene rings is 2. The van der Waals surface area contributed by atoms with Crippen LogP contribution in [0.1, 0.15) is 5.56 Å². The van der Waals surface area contributed by atoms with E-state index in [1.54, 1.807) is 25.1 Å². The molecule has 0 unspecified atom stereocenters. The van der Waals surface area contributed by atoms with Gasteiger partial charge in [0, 0.05) is 22.8 Å². The number of carbonyl (C=O) groups excluding carboxylic acids is 1. The fourth-order valence-electron chi connectivity index (χ4n) is 2.46. The molecule has 0 aliphatic heterocycles. The van der Waals surface area contributed by atoms with Crippen LogP contribution in [0, 0.1) is 17.0 Å². The van der Waals surface area contributed by atoms with Gasteiger partial charge in [-0.15, -0.1) is 0 Å². The van der Waals surface area contributed by atoms with E-state index in [4.69, 9.17) is 11.6 Å². The normalized spacial score (nSPS) is 10.7. The van der Waals surface area contributed by atoms with Gasteiger partial charge in [-0.2, -0.15) is 0 Å². The Balaban J connectivity index is 1.86. The summed E-state index contributed by atoms with van der Waals surface area (Å²) >= 11 is 6.02. The molecule has 1 aromatic heterocycles. The van der Waals surface area contributed by atoms with Gasteiger partial charge in [0.1, 0.15) is 6.54 Å². The van der Waals surface area contributed by atoms with Gasteiger partial charge < -0.3 is 5.32 Å². The smallest absolute Gasteiger partial charge is 0.271 e. The minimum atomic E-state index is -0.562. The number of hydrogen-bond donors (Lipinski definition) is 1. The lowest BCUT2D eigenvalue weighted by atomic mass is 10.2. The molecule has 0 spiro atoms. The van der Waals surface area contributed by atoms with Gasteiger partial charge in [-0.05, 0) is 30.7 Å². The molecule has 0 atom stereocenters. The highest BCUT2D eigenvalue weighted by Gasteiger charge is 2.13. The number of halogens is 1. The summed E-state index contributed by atoms with van der Waals surface area (Å²) in [5.74, 6) is -0.416. The summed E-state index contributed by atoms with van der Waals surface area (Å²) in [6.45, 7) is 1.53. The Hall–Kier alpha value is -3.26. The van der Waals surface area contributed by atoms with Gasteiger partial charge in [-0.25, -0.2) is 4.98 Å². The molecule has 0 fully saturated rings. The predicted octanol–water partition coefficient (Wildman–Crippen LogP) is 2.91. The fourth-order valence-corrected chi connectivity index (χ4v) is 2.63. The highest BCUT2D eigenvalue weighted by Crippen LogP contribution is 2.23. The van der Waals surface area contributed by atoms with Crippen molar-refractivity contribution >= 4 is 39.8 Å². The van der Waals surface area contributed by atoms with Crippen LogP contribution in [0.25, 0.3) is 10.9 Å². The zero-order valence-corrected chi connectivity index (χ0v) is 14.4. The van der Waals surface area contributed by atoms with Gasteiger partial charge in [0.05, 0.1) is 22.2 Å². The first-order valence-electron chi connectivity index (χ1n) is 7.55. The first kappa shape index (κ1) is 17.6. The number of carbonyl (C=O) groups is 1. The third-order valence-corrected chi connectivity index (χ3v) is 4.28. The van der Waals surface area contributed by atoms with E-state index in [0.29, 0.717) is 10.7 Å². The molecular formula is C17H13ClN4O4. The molecule has 1 N–H and O–H groups in total. The Bertz CT molecular complexity index is 1090. The number of nitro benzene ring substituents is 1. The van der Waals surface area contributed by atoms with Gasteiger partial charge in [0.15, 0.2) is 0 Å². The average Bonchev–Trinajstić information content (AvgIpc) is 2.61. The number of amides is 1. The molecule has 0 aliphatic carbocycles. The van der Waals surface area contributed by atoms with Gasteiger partial charge in [0.25, 0.3) is 11.2 Å². The van der Waals surface area contributed by atoms with E-state index >= 15 is 0 Å². The molecule has 1 heterocycles. The highest BCUT2D eigenvalue weighted by molar-refractivity contribution is 6.31. The Labute approximate surface area is 152 Å². The monoisotopic (exact) mass is 372 g/mol. The summed E-state index contributed by atoms with van der Waals surface area (Å²) in [4.78, 5) is 39.0. The van der Waals surface area contributed by atoms with Gasteiger partial charge in [0.2, 0.25) is 5.91 Å². The summed E-state index contributed by atoms with van der Waals surface area (Å²) in [7, 11) is 0. The topological polar surface area (TPSA) is 107 Å². The van der Waals surface area contributed by atoms with E-state index in [1.807, 2.05) is 0 Å². The van der Waals surface area contributed by atoms with Crippen LogP contribution >= 0.6 is 11.6 Å². The fraction of sp³-hybridized carbons (Fsp3) is 0.118. The molecule has 3 aromatic rings. The molecule has 0 saturated carbocycles. The number of rotatable bonds is 4. The minimum Gasteiger partial charge on any atom is -0.324 e. The second-order valence-electron chi connectivity index (χ2n) is 5.60. The van der Waals surface area contributed by atoms with E-state index in [9.17, 15) is 19.7 Å². The maximum Gasteiger partial charge on any atom is 0.271 e. The number of nitrogens with zero attached hydrogens (tertiary/aromatic N) is 3. The number of anilines is 1. The Morgan fingerprint density at radius 3 is 2.85 bits per heavy atom. The van der Waals surface area contributed by atoms with Crippen molar-refractivity contribution < 1.29 is 9.72 Å². The summed E-state index contributed by atoms with van der Waals surface area (Å²) < 4.78 is 1.14. The number of fused-ring (bicyclic) bond motifs is 1. The number of non-ortho nitro benzene ring substituents is 1. The van der Waals surface area contributed by atoms with Gasteiger partial charge >= 0.3 is 0 Å². The standard InChI is InChI=1S/C17H13ClN4O4/c1-10-13(18)3-2-4-14(10)20-16(23)8-21-9-19-15-7-11(22(25)26)5-6-12(15)17(21)24/h2-7,9H,8H2,1H3,(H,20,23). The number of nitro groups is 1. The van der Waals surface area contributed by atoms with Crippen LogP contribution in [0.2, 0.25) is 5.02 Å². The van der Waals surface area contributed by atoms with Gasteiger partial charge in [-0.1, -0.05) is 17.7 Å². The maximum atomic E-state index is 12.5.